The van der Waals surface area contributed by atoms with Gasteiger partial charge in [-0.05, 0) is 29.3 Å². The number of aliphatic hydroxyl groups excluding tert-OH is 1. The first kappa shape index (κ1) is 15.0. The highest BCUT2D eigenvalue weighted by atomic mass is 79.9. The lowest BCUT2D eigenvalue weighted by Crippen LogP contribution is -2.20. The van der Waals surface area contributed by atoms with Crippen molar-refractivity contribution in [1.82, 2.24) is 5.32 Å². The van der Waals surface area contributed by atoms with Crippen molar-refractivity contribution >= 4 is 15.9 Å². The van der Waals surface area contributed by atoms with E-state index in [-0.39, 0.29) is 6.61 Å². The van der Waals surface area contributed by atoms with Crippen LogP contribution >= 0.6 is 15.9 Å². The first-order valence-corrected chi connectivity index (χ1v) is 7.35. The number of rotatable bonds is 7. The fourth-order valence-corrected chi connectivity index (χ4v) is 2.17. The first-order valence-electron chi connectivity index (χ1n) is 6.55. The zero-order valence-electron chi connectivity index (χ0n) is 11.2. The van der Waals surface area contributed by atoms with Gasteiger partial charge in [-0.1, -0.05) is 46.3 Å². The Kier molecular flexibility index (Phi) is 6.05. The lowest BCUT2D eigenvalue weighted by atomic mass is 10.1. The Morgan fingerprint density at radius 2 is 1.80 bits per heavy atom. The molecule has 0 unspecified atom stereocenters. The predicted octanol–water partition coefficient (Wildman–Crippen LogP) is 3.11. The van der Waals surface area contributed by atoms with E-state index in [0.29, 0.717) is 6.61 Å². The molecule has 0 radical (unpaired) electrons. The third kappa shape index (κ3) is 4.96. The maximum atomic E-state index is 8.97. The minimum Gasteiger partial charge on any atom is -0.492 e. The van der Waals surface area contributed by atoms with E-state index in [1.54, 1.807) is 0 Å². The molecule has 0 bridgehead atoms. The molecule has 4 heteroatoms. The van der Waals surface area contributed by atoms with Gasteiger partial charge in [0.05, 0.1) is 6.61 Å². The number of nitrogens with one attached hydrogen (secondary N) is 1. The van der Waals surface area contributed by atoms with Crippen LogP contribution in [0.15, 0.2) is 53.0 Å². The third-order valence-corrected chi connectivity index (χ3v) is 3.37. The minimum atomic E-state index is 0.0915. The van der Waals surface area contributed by atoms with Gasteiger partial charge >= 0.3 is 0 Å². The van der Waals surface area contributed by atoms with Crippen LogP contribution in [0.2, 0.25) is 0 Å². The summed E-state index contributed by atoms with van der Waals surface area (Å²) in [5, 5.41) is 12.3. The van der Waals surface area contributed by atoms with Crippen molar-refractivity contribution in [2.45, 2.75) is 13.2 Å². The summed E-state index contributed by atoms with van der Waals surface area (Å²) in [7, 11) is 0. The molecule has 0 saturated heterocycles. The number of aliphatic hydroxyl groups is 1. The first-order chi connectivity index (χ1) is 9.78. The maximum absolute atomic E-state index is 8.97. The van der Waals surface area contributed by atoms with E-state index in [0.717, 1.165) is 28.9 Å². The number of hydrogen-bond acceptors (Lipinski definition) is 3. The van der Waals surface area contributed by atoms with Gasteiger partial charge < -0.3 is 15.2 Å². The Labute approximate surface area is 127 Å². The molecule has 0 fully saturated rings. The second-order valence-electron chi connectivity index (χ2n) is 4.46. The van der Waals surface area contributed by atoms with Crippen molar-refractivity contribution in [3.05, 3.63) is 64.1 Å². The van der Waals surface area contributed by atoms with Crippen LogP contribution in [-0.4, -0.2) is 18.3 Å². The summed E-state index contributed by atoms with van der Waals surface area (Å²) >= 11 is 3.41. The number of benzene rings is 2. The molecule has 0 amide bonds. The lowest BCUT2D eigenvalue weighted by molar-refractivity contribution is 0.282. The number of halogens is 1. The van der Waals surface area contributed by atoms with Crippen LogP contribution in [-0.2, 0) is 13.2 Å². The average Bonchev–Trinajstić information content (AvgIpc) is 2.48. The van der Waals surface area contributed by atoms with E-state index in [2.05, 4.69) is 21.2 Å². The average molecular weight is 336 g/mol. The standard InChI is InChI=1S/C16H18BrNO2/c17-15-2-1-3-16(10-15)20-9-8-18-11-13-4-6-14(12-19)7-5-13/h1-7,10,18-19H,8-9,11-12H2. The predicted molar refractivity (Wildman–Crippen MR) is 83.7 cm³/mol. The van der Waals surface area contributed by atoms with Crippen LogP contribution in [0.3, 0.4) is 0 Å². The lowest BCUT2D eigenvalue weighted by Gasteiger charge is -2.08. The fourth-order valence-electron chi connectivity index (χ4n) is 1.79. The zero-order valence-corrected chi connectivity index (χ0v) is 12.8. The number of hydrogen-bond donors (Lipinski definition) is 2. The van der Waals surface area contributed by atoms with Gasteiger partial charge in [-0.3, -0.25) is 0 Å². The van der Waals surface area contributed by atoms with Crippen LogP contribution in [0.1, 0.15) is 11.1 Å². The third-order valence-electron chi connectivity index (χ3n) is 2.88. The van der Waals surface area contributed by atoms with Crippen molar-refractivity contribution in [3.8, 4) is 5.75 Å². The summed E-state index contributed by atoms with van der Waals surface area (Å²) < 4.78 is 6.66. The van der Waals surface area contributed by atoms with Crippen molar-refractivity contribution in [2.24, 2.45) is 0 Å². The summed E-state index contributed by atoms with van der Waals surface area (Å²) in [5.74, 6) is 0.869. The molecule has 0 spiro atoms. The second kappa shape index (κ2) is 8.04. The van der Waals surface area contributed by atoms with Crippen molar-refractivity contribution in [3.63, 3.8) is 0 Å². The van der Waals surface area contributed by atoms with Gasteiger partial charge in [-0.15, -0.1) is 0 Å². The smallest absolute Gasteiger partial charge is 0.120 e. The van der Waals surface area contributed by atoms with E-state index in [1.165, 1.54) is 5.56 Å². The molecule has 0 heterocycles. The Hall–Kier alpha value is -1.36. The molecule has 3 nitrogen and oxygen atoms in total. The van der Waals surface area contributed by atoms with Gasteiger partial charge in [0.2, 0.25) is 0 Å². The molecule has 0 saturated carbocycles. The highest BCUT2D eigenvalue weighted by molar-refractivity contribution is 9.10. The van der Waals surface area contributed by atoms with Gasteiger partial charge in [0, 0.05) is 17.6 Å². The fraction of sp³-hybridized carbons (Fsp3) is 0.250. The van der Waals surface area contributed by atoms with Crippen molar-refractivity contribution in [1.29, 1.82) is 0 Å². The molecule has 0 atom stereocenters. The molecule has 106 valence electrons. The van der Waals surface area contributed by atoms with Gasteiger partial charge in [0.15, 0.2) is 0 Å². The Morgan fingerprint density at radius 1 is 1.05 bits per heavy atom. The summed E-state index contributed by atoms with van der Waals surface area (Å²) in [6.07, 6.45) is 0. The summed E-state index contributed by atoms with van der Waals surface area (Å²) in [5.41, 5.74) is 2.14. The monoisotopic (exact) mass is 335 g/mol. The highest BCUT2D eigenvalue weighted by Gasteiger charge is 1.96. The van der Waals surface area contributed by atoms with Gasteiger partial charge in [0.1, 0.15) is 12.4 Å². The van der Waals surface area contributed by atoms with Crippen LogP contribution < -0.4 is 10.1 Å². The quantitative estimate of drug-likeness (QED) is 0.764. The Bertz CT molecular complexity index is 528. The molecule has 0 aliphatic heterocycles. The Morgan fingerprint density at radius 3 is 2.50 bits per heavy atom. The summed E-state index contributed by atoms with van der Waals surface area (Å²) in [6, 6.07) is 15.7. The normalized spacial score (nSPS) is 10.5. The van der Waals surface area contributed by atoms with E-state index in [1.807, 2.05) is 48.5 Å². The molecular weight excluding hydrogens is 318 g/mol. The summed E-state index contributed by atoms with van der Waals surface area (Å²) in [6.45, 7) is 2.31. The molecule has 0 aromatic heterocycles. The SMILES string of the molecule is OCc1ccc(CNCCOc2cccc(Br)c2)cc1. The molecular formula is C16H18BrNO2. The molecule has 2 aromatic carbocycles. The second-order valence-corrected chi connectivity index (χ2v) is 5.37. The van der Waals surface area contributed by atoms with E-state index in [4.69, 9.17) is 9.84 Å². The molecule has 0 aliphatic carbocycles. The highest BCUT2D eigenvalue weighted by Crippen LogP contribution is 2.17. The van der Waals surface area contributed by atoms with Crippen LogP contribution in [0, 0.1) is 0 Å². The van der Waals surface area contributed by atoms with Crippen molar-refractivity contribution < 1.29 is 9.84 Å². The van der Waals surface area contributed by atoms with E-state index in [9.17, 15) is 0 Å². The van der Waals surface area contributed by atoms with E-state index >= 15 is 0 Å². The van der Waals surface area contributed by atoms with E-state index < -0.39 is 0 Å². The van der Waals surface area contributed by atoms with Gasteiger partial charge in [0.25, 0.3) is 0 Å². The zero-order chi connectivity index (χ0) is 14.2. The maximum Gasteiger partial charge on any atom is 0.120 e. The summed E-state index contributed by atoms with van der Waals surface area (Å²) in [4.78, 5) is 0. The van der Waals surface area contributed by atoms with Gasteiger partial charge in [-0.2, -0.15) is 0 Å². The van der Waals surface area contributed by atoms with Crippen LogP contribution in [0.25, 0.3) is 0 Å². The molecule has 2 N–H and O–H groups in total. The minimum absolute atomic E-state index is 0.0915. The van der Waals surface area contributed by atoms with Crippen LogP contribution in [0.5, 0.6) is 5.75 Å². The number of ether oxygens (including phenoxy) is 1. The molecule has 0 aliphatic rings. The van der Waals surface area contributed by atoms with Gasteiger partial charge in [-0.25, -0.2) is 0 Å². The topological polar surface area (TPSA) is 41.5 Å². The molecule has 2 aromatic rings. The molecule has 2 rings (SSSR count). The molecule has 20 heavy (non-hydrogen) atoms. The van der Waals surface area contributed by atoms with Crippen molar-refractivity contribution in [2.75, 3.05) is 13.2 Å². The largest absolute Gasteiger partial charge is 0.492 e. The Balaban J connectivity index is 1.66. The van der Waals surface area contributed by atoms with Crippen LogP contribution in [0.4, 0.5) is 0 Å².